The third kappa shape index (κ3) is 3.87. The molecule has 1 fully saturated rings. The Morgan fingerprint density at radius 1 is 1.48 bits per heavy atom. The van der Waals surface area contributed by atoms with Crippen LogP contribution in [0.1, 0.15) is 17.0 Å². The van der Waals surface area contributed by atoms with Gasteiger partial charge in [-0.1, -0.05) is 0 Å². The van der Waals surface area contributed by atoms with Crippen molar-refractivity contribution in [2.45, 2.75) is 18.6 Å². The highest BCUT2D eigenvalue weighted by atomic mass is 16.5. The van der Waals surface area contributed by atoms with Crippen molar-refractivity contribution in [3.63, 3.8) is 0 Å². The minimum absolute atomic E-state index is 0.0834. The molecule has 0 aromatic carbocycles. The Kier molecular flexibility index (Phi) is 5.13. The summed E-state index contributed by atoms with van der Waals surface area (Å²) in [5.74, 6) is 0.728. The lowest BCUT2D eigenvalue weighted by Gasteiger charge is -2.25. The number of nitrogens with zero attached hydrogens (tertiary/aromatic N) is 5. The topological polar surface area (TPSA) is 96.6 Å². The maximum absolute atomic E-state index is 12.3. The molecule has 0 saturated carbocycles. The number of hydrogen-bond acceptors (Lipinski definition) is 8. The predicted molar refractivity (Wildman–Crippen MR) is 91.7 cm³/mol. The second-order valence-electron chi connectivity index (χ2n) is 6.08. The quantitative estimate of drug-likeness (QED) is 0.810. The zero-order chi connectivity index (χ0) is 17.8. The lowest BCUT2D eigenvalue weighted by molar-refractivity contribution is 0.0920. The average molecular weight is 346 g/mol. The van der Waals surface area contributed by atoms with E-state index in [4.69, 9.17) is 9.15 Å². The number of methoxy groups -OCH3 is 1. The van der Waals surface area contributed by atoms with Crippen LogP contribution in [-0.4, -0.2) is 67.3 Å². The number of rotatable bonds is 6. The first-order valence-electron chi connectivity index (χ1n) is 8.05. The van der Waals surface area contributed by atoms with Gasteiger partial charge in [-0.3, -0.25) is 4.79 Å². The Bertz CT molecular complexity index is 705. The maximum Gasteiger partial charge on any atom is 0.297 e. The van der Waals surface area contributed by atoms with Gasteiger partial charge < -0.3 is 24.3 Å². The lowest BCUT2D eigenvalue weighted by Crippen LogP contribution is -2.40. The van der Waals surface area contributed by atoms with Gasteiger partial charge in [0.1, 0.15) is 12.1 Å². The lowest BCUT2D eigenvalue weighted by atomic mass is 10.2. The Labute approximate surface area is 146 Å². The van der Waals surface area contributed by atoms with Crippen molar-refractivity contribution in [3.05, 3.63) is 30.5 Å². The number of ether oxygens (including phenoxy) is 1. The number of oxazole rings is 1. The van der Waals surface area contributed by atoms with Gasteiger partial charge in [0.2, 0.25) is 5.76 Å². The van der Waals surface area contributed by atoms with E-state index in [2.05, 4.69) is 25.2 Å². The molecule has 2 atom stereocenters. The first-order chi connectivity index (χ1) is 12.1. The Balaban J connectivity index is 1.64. The van der Waals surface area contributed by atoms with Gasteiger partial charge in [-0.25, -0.2) is 15.0 Å². The second-order valence-corrected chi connectivity index (χ2v) is 6.08. The molecule has 1 amide bonds. The van der Waals surface area contributed by atoms with E-state index in [0.717, 1.165) is 18.8 Å². The van der Waals surface area contributed by atoms with Crippen molar-refractivity contribution in [1.82, 2.24) is 20.3 Å². The van der Waals surface area contributed by atoms with Crippen LogP contribution in [0.25, 0.3) is 0 Å². The van der Waals surface area contributed by atoms with Crippen LogP contribution in [0.3, 0.4) is 0 Å². The van der Waals surface area contributed by atoms with Gasteiger partial charge in [0, 0.05) is 40.5 Å². The van der Waals surface area contributed by atoms with Gasteiger partial charge >= 0.3 is 0 Å². The van der Waals surface area contributed by atoms with Crippen molar-refractivity contribution in [2.75, 3.05) is 44.1 Å². The van der Waals surface area contributed by atoms with Gasteiger partial charge in [-0.05, 0) is 12.5 Å². The zero-order valence-electron chi connectivity index (χ0n) is 14.5. The van der Waals surface area contributed by atoms with E-state index in [1.807, 2.05) is 6.07 Å². The standard InChI is InChI=1S/C16H22N6O3/c1-21(2)16-19-8-13(25-16)15(23)18-7-11-6-12(24-3)9-22(11)14-4-5-17-10-20-14/h4-5,8,10-12H,6-7,9H2,1-3H3,(H,18,23)/t11-,12-/m1/s1. The smallest absolute Gasteiger partial charge is 0.297 e. The van der Waals surface area contributed by atoms with E-state index in [1.165, 1.54) is 12.5 Å². The fraction of sp³-hybridized carbons (Fsp3) is 0.500. The van der Waals surface area contributed by atoms with Crippen LogP contribution in [-0.2, 0) is 4.74 Å². The van der Waals surface area contributed by atoms with Gasteiger partial charge in [-0.2, -0.15) is 0 Å². The number of nitrogens with one attached hydrogen (secondary N) is 1. The monoisotopic (exact) mass is 346 g/mol. The minimum Gasteiger partial charge on any atom is -0.418 e. The highest BCUT2D eigenvalue weighted by Gasteiger charge is 2.33. The average Bonchev–Trinajstić information content (AvgIpc) is 3.27. The van der Waals surface area contributed by atoms with E-state index < -0.39 is 0 Å². The normalized spacial score (nSPS) is 19.9. The molecule has 1 N–H and O–H groups in total. The van der Waals surface area contributed by atoms with Gasteiger partial charge in [0.25, 0.3) is 11.9 Å². The summed E-state index contributed by atoms with van der Waals surface area (Å²) >= 11 is 0. The summed E-state index contributed by atoms with van der Waals surface area (Å²) in [6.07, 6.45) is 5.56. The minimum atomic E-state index is -0.288. The third-order valence-corrected chi connectivity index (χ3v) is 4.17. The molecule has 0 bridgehead atoms. The van der Waals surface area contributed by atoms with Crippen LogP contribution in [0.4, 0.5) is 11.8 Å². The molecule has 0 spiro atoms. The number of carbonyl (C=O) groups excluding carboxylic acids is 1. The van der Waals surface area contributed by atoms with Crippen LogP contribution in [0.2, 0.25) is 0 Å². The zero-order valence-corrected chi connectivity index (χ0v) is 14.5. The molecule has 2 aromatic rings. The largest absolute Gasteiger partial charge is 0.418 e. The number of amides is 1. The first kappa shape index (κ1) is 17.2. The SMILES string of the molecule is CO[C@@H]1C[C@H](CNC(=O)c2cnc(N(C)C)o2)N(c2ccncn2)C1. The molecule has 0 aliphatic carbocycles. The fourth-order valence-corrected chi connectivity index (χ4v) is 2.85. The van der Waals surface area contributed by atoms with Gasteiger partial charge in [0.05, 0.1) is 18.3 Å². The van der Waals surface area contributed by atoms with Crippen LogP contribution in [0.5, 0.6) is 0 Å². The molecule has 0 unspecified atom stereocenters. The highest BCUT2D eigenvalue weighted by molar-refractivity contribution is 5.91. The van der Waals surface area contributed by atoms with Gasteiger partial charge in [-0.15, -0.1) is 0 Å². The molecule has 1 aliphatic rings. The fourth-order valence-electron chi connectivity index (χ4n) is 2.85. The molecule has 3 rings (SSSR count). The predicted octanol–water partition coefficient (Wildman–Crippen LogP) is 0.554. The first-order valence-corrected chi connectivity index (χ1v) is 8.05. The summed E-state index contributed by atoms with van der Waals surface area (Å²) in [5, 5.41) is 2.91. The van der Waals surface area contributed by atoms with Crippen molar-refractivity contribution in [2.24, 2.45) is 0 Å². The van der Waals surface area contributed by atoms with Crippen molar-refractivity contribution in [1.29, 1.82) is 0 Å². The Morgan fingerprint density at radius 3 is 2.96 bits per heavy atom. The molecule has 9 nitrogen and oxygen atoms in total. The van der Waals surface area contributed by atoms with Crippen molar-refractivity contribution < 1.29 is 13.9 Å². The number of carbonyl (C=O) groups is 1. The highest BCUT2D eigenvalue weighted by Crippen LogP contribution is 2.24. The molecule has 0 radical (unpaired) electrons. The molecule has 9 heteroatoms. The Morgan fingerprint density at radius 2 is 2.32 bits per heavy atom. The van der Waals surface area contributed by atoms with Crippen LogP contribution in [0.15, 0.2) is 29.2 Å². The van der Waals surface area contributed by atoms with Crippen LogP contribution < -0.4 is 15.1 Å². The summed E-state index contributed by atoms with van der Waals surface area (Å²) in [6, 6.07) is 2.33. The van der Waals surface area contributed by atoms with Crippen LogP contribution in [0, 0.1) is 0 Å². The molecule has 25 heavy (non-hydrogen) atoms. The van der Waals surface area contributed by atoms with E-state index in [0.29, 0.717) is 12.6 Å². The third-order valence-electron chi connectivity index (χ3n) is 4.17. The summed E-state index contributed by atoms with van der Waals surface area (Å²) < 4.78 is 10.9. The summed E-state index contributed by atoms with van der Waals surface area (Å²) in [5.41, 5.74) is 0. The molecule has 3 heterocycles. The summed E-state index contributed by atoms with van der Waals surface area (Å²) in [6.45, 7) is 1.18. The van der Waals surface area contributed by atoms with Crippen molar-refractivity contribution >= 4 is 17.7 Å². The summed E-state index contributed by atoms with van der Waals surface area (Å²) in [4.78, 5) is 28.4. The van der Waals surface area contributed by atoms with Gasteiger partial charge in [0.15, 0.2) is 0 Å². The van der Waals surface area contributed by atoms with E-state index in [-0.39, 0.29) is 23.8 Å². The molecular formula is C16H22N6O3. The molecule has 134 valence electrons. The number of aromatic nitrogens is 3. The van der Waals surface area contributed by atoms with E-state index in [9.17, 15) is 4.79 Å². The molecular weight excluding hydrogens is 324 g/mol. The number of anilines is 2. The summed E-state index contributed by atoms with van der Waals surface area (Å²) in [7, 11) is 5.30. The molecule has 2 aromatic heterocycles. The second kappa shape index (κ2) is 7.47. The maximum atomic E-state index is 12.3. The van der Waals surface area contributed by atoms with Crippen molar-refractivity contribution in [3.8, 4) is 0 Å². The van der Waals surface area contributed by atoms with Crippen LogP contribution >= 0.6 is 0 Å². The Hall–Kier alpha value is -2.68. The van der Waals surface area contributed by atoms with E-state index >= 15 is 0 Å². The number of hydrogen-bond donors (Lipinski definition) is 1. The molecule has 1 saturated heterocycles. The van der Waals surface area contributed by atoms with E-state index in [1.54, 1.807) is 32.3 Å². The molecule has 1 aliphatic heterocycles.